The predicted octanol–water partition coefficient (Wildman–Crippen LogP) is 1.48. The zero-order valence-electron chi connectivity index (χ0n) is 9.63. The lowest BCUT2D eigenvalue weighted by atomic mass is 10.1. The van der Waals surface area contributed by atoms with Crippen LogP contribution in [0.1, 0.15) is 35.6 Å². The quantitative estimate of drug-likeness (QED) is 0.838. The summed E-state index contributed by atoms with van der Waals surface area (Å²) in [4.78, 5) is 15.3. The van der Waals surface area contributed by atoms with E-state index < -0.39 is 5.97 Å². The molecule has 2 aromatic rings. The summed E-state index contributed by atoms with van der Waals surface area (Å²) < 4.78 is 1.81. The molecule has 0 amide bonds. The highest BCUT2D eigenvalue weighted by Crippen LogP contribution is 2.21. The molecule has 5 heteroatoms. The molecule has 0 bridgehead atoms. The molecule has 0 spiro atoms. The van der Waals surface area contributed by atoms with Crippen LogP contribution in [0.3, 0.4) is 0 Å². The molecule has 2 heterocycles. The molecule has 0 aliphatic heterocycles. The van der Waals surface area contributed by atoms with Gasteiger partial charge in [0.1, 0.15) is 5.82 Å². The lowest BCUT2D eigenvalue weighted by Gasteiger charge is -2.10. The molecule has 1 atom stereocenters. The Hall–Kier alpha value is -1.88. The van der Waals surface area contributed by atoms with Gasteiger partial charge in [-0.25, -0.2) is 9.78 Å². The smallest absolute Gasteiger partial charge is 0.356 e. The summed E-state index contributed by atoms with van der Waals surface area (Å²) >= 11 is 0. The van der Waals surface area contributed by atoms with Crippen LogP contribution >= 0.6 is 0 Å². The monoisotopic (exact) mass is 233 g/mol. The van der Waals surface area contributed by atoms with Gasteiger partial charge in [0.15, 0.2) is 5.69 Å². The van der Waals surface area contributed by atoms with Gasteiger partial charge in [-0.05, 0) is 18.6 Å². The van der Waals surface area contributed by atoms with E-state index in [1.54, 1.807) is 12.1 Å². The van der Waals surface area contributed by atoms with Crippen molar-refractivity contribution in [1.29, 1.82) is 0 Å². The van der Waals surface area contributed by atoms with Gasteiger partial charge in [0.05, 0.1) is 5.52 Å². The van der Waals surface area contributed by atoms with Gasteiger partial charge in [0.25, 0.3) is 0 Å². The highest BCUT2D eigenvalue weighted by molar-refractivity contribution is 5.93. The van der Waals surface area contributed by atoms with E-state index in [9.17, 15) is 4.79 Å². The molecule has 0 saturated heterocycles. The number of imidazole rings is 1. The molecule has 0 radical (unpaired) electrons. The number of pyridine rings is 1. The van der Waals surface area contributed by atoms with Gasteiger partial charge in [-0.3, -0.25) is 0 Å². The molecule has 0 saturated carbocycles. The number of carbonyl (C=O) groups is 1. The predicted molar refractivity (Wildman–Crippen MR) is 64.2 cm³/mol. The van der Waals surface area contributed by atoms with Crippen molar-refractivity contribution in [1.82, 2.24) is 9.38 Å². The summed E-state index contributed by atoms with van der Waals surface area (Å²) in [6.07, 6.45) is 2.66. The third kappa shape index (κ3) is 1.89. The number of aromatic carboxylic acids is 1. The number of rotatable bonds is 4. The first-order chi connectivity index (χ1) is 8.19. The number of nitrogens with zero attached hydrogens (tertiary/aromatic N) is 2. The first-order valence-electron chi connectivity index (χ1n) is 5.59. The van der Waals surface area contributed by atoms with Gasteiger partial charge < -0.3 is 15.2 Å². The molecule has 3 N–H and O–H groups in total. The lowest BCUT2D eigenvalue weighted by molar-refractivity contribution is 0.0693. The second kappa shape index (κ2) is 4.55. The van der Waals surface area contributed by atoms with Crippen molar-refractivity contribution < 1.29 is 9.90 Å². The molecule has 0 aliphatic rings. The number of carboxylic acids is 1. The molecule has 1 unspecified atom stereocenters. The maximum atomic E-state index is 11.1. The fraction of sp³-hybridized carbons (Fsp3) is 0.333. The fourth-order valence-electron chi connectivity index (χ4n) is 1.96. The van der Waals surface area contributed by atoms with Gasteiger partial charge in [-0.1, -0.05) is 13.0 Å². The van der Waals surface area contributed by atoms with Crippen molar-refractivity contribution in [3.05, 3.63) is 35.9 Å². The number of hydrogen-bond acceptors (Lipinski definition) is 3. The van der Waals surface area contributed by atoms with Crippen LogP contribution in [-0.4, -0.2) is 27.0 Å². The van der Waals surface area contributed by atoms with E-state index in [1.165, 1.54) is 0 Å². The van der Waals surface area contributed by atoms with Crippen LogP contribution in [0.4, 0.5) is 0 Å². The minimum absolute atomic E-state index is 0.0815. The number of aromatic nitrogens is 2. The number of nitrogens with two attached hydrogens (primary N) is 1. The average molecular weight is 233 g/mol. The lowest BCUT2D eigenvalue weighted by Crippen LogP contribution is -2.14. The molecule has 0 aliphatic carbocycles. The molecular weight excluding hydrogens is 218 g/mol. The zero-order valence-corrected chi connectivity index (χ0v) is 9.63. The largest absolute Gasteiger partial charge is 0.476 e. The van der Waals surface area contributed by atoms with E-state index in [1.807, 2.05) is 23.6 Å². The Kier molecular flexibility index (Phi) is 3.10. The van der Waals surface area contributed by atoms with Gasteiger partial charge in [0, 0.05) is 18.7 Å². The maximum Gasteiger partial charge on any atom is 0.356 e. The second-order valence-electron chi connectivity index (χ2n) is 3.92. The first kappa shape index (κ1) is 11.6. The van der Waals surface area contributed by atoms with Gasteiger partial charge in [0.2, 0.25) is 0 Å². The van der Waals surface area contributed by atoms with Crippen LogP contribution in [0.15, 0.2) is 24.4 Å². The topological polar surface area (TPSA) is 80.6 Å². The third-order valence-corrected chi connectivity index (χ3v) is 2.92. The number of carboxylic acid groups (broad SMARTS) is 1. The summed E-state index contributed by atoms with van der Waals surface area (Å²) in [6.45, 7) is 2.48. The summed E-state index contributed by atoms with van der Waals surface area (Å²) in [6, 6.07) is 5.41. The third-order valence-electron chi connectivity index (χ3n) is 2.92. The number of fused-ring (bicyclic) bond motifs is 1. The van der Waals surface area contributed by atoms with Crippen LogP contribution in [-0.2, 0) is 0 Å². The Bertz CT molecular complexity index is 544. The molecule has 5 nitrogen and oxygen atoms in total. The van der Waals surface area contributed by atoms with E-state index in [2.05, 4.69) is 4.98 Å². The van der Waals surface area contributed by atoms with Crippen LogP contribution < -0.4 is 5.73 Å². The van der Waals surface area contributed by atoms with Gasteiger partial charge >= 0.3 is 5.97 Å². The Labute approximate surface area is 98.9 Å². The normalized spacial score (nSPS) is 12.8. The van der Waals surface area contributed by atoms with Gasteiger partial charge in [-0.15, -0.1) is 0 Å². The fourth-order valence-corrected chi connectivity index (χ4v) is 1.96. The SMILES string of the molecule is CCC(CN)c1nc(C(=O)O)c2ccccn12. The Morgan fingerprint density at radius 3 is 2.94 bits per heavy atom. The Balaban J connectivity index is 2.68. The summed E-state index contributed by atoms with van der Waals surface area (Å²) in [7, 11) is 0. The Morgan fingerprint density at radius 1 is 1.59 bits per heavy atom. The van der Waals surface area contributed by atoms with E-state index >= 15 is 0 Å². The zero-order chi connectivity index (χ0) is 12.4. The van der Waals surface area contributed by atoms with Crippen molar-refractivity contribution in [2.75, 3.05) is 6.54 Å². The minimum Gasteiger partial charge on any atom is -0.476 e. The van der Waals surface area contributed by atoms with E-state index in [0.29, 0.717) is 12.1 Å². The minimum atomic E-state index is -1.01. The molecular formula is C12H15N3O2. The van der Waals surface area contributed by atoms with E-state index in [4.69, 9.17) is 10.8 Å². The van der Waals surface area contributed by atoms with Crippen LogP contribution in [0.5, 0.6) is 0 Å². The second-order valence-corrected chi connectivity index (χ2v) is 3.92. The molecule has 2 aromatic heterocycles. The molecule has 90 valence electrons. The van der Waals surface area contributed by atoms with E-state index in [0.717, 1.165) is 12.2 Å². The van der Waals surface area contributed by atoms with Crippen molar-refractivity contribution >= 4 is 11.5 Å². The number of hydrogen-bond donors (Lipinski definition) is 2. The molecule has 17 heavy (non-hydrogen) atoms. The van der Waals surface area contributed by atoms with Crippen LogP contribution in [0.25, 0.3) is 5.52 Å². The van der Waals surface area contributed by atoms with Crippen molar-refractivity contribution in [3.8, 4) is 0 Å². The van der Waals surface area contributed by atoms with Crippen LogP contribution in [0.2, 0.25) is 0 Å². The summed E-state index contributed by atoms with van der Waals surface area (Å²) in [5.41, 5.74) is 6.39. The van der Waals surface area contributed by atoms with Gasteiger partial charge in [-0.2, -0.15) is 0 Å². The van der Waals surface area contributed by atoms with Crippen molar-refractivity contribution in [2.24, 2.45) is 5.73 Å². The maximum absolute atomic E-state index is 11.1. The average Bonchev–Trinajstić information content (AvgIpc) is 2.71. The molecule has 0 fully saturated rings. The first-order valence-corrected chi connectivity index (χ1v) is 5.59. The highest BCUT2D eigenvalue weighted by atomic mass is 16.4. The van der Waals surface area contributed by atoms with Crippen LogP contribution in [0, 0.1) is 0 Å². The van der Waals surface area contributed by atoms with Crippen molar-refractivity contribution in [3.63, 3.8) is 0 Å². The Morgan fingerprint density at radius 2 is 2.35 bits per heavy atom. The van der Waals surface area contributed by atoms with E-state index in [-0.39, 0.29) is 11.6 Å². The molecule has 2 rings (SSSR count). The highest BCUT2D eigenvalue weighted by Gasteiger charge is 2.20. The summed E-state index contributed by atoms with van der Waals surface area (Å²) in [5, 5.41) is 9.12. The summed E-state index contributed by atoms with van der Waals surface area (Å²) in [5.74, 6) is -0.201. The van der Waals surface area contributed by atoms with Crippen molar-refractivity contribution in [2.45, 2.75) is 19.3 Å². The standard InChI is InChI=1S/C12H15N3O2/c1-2-8(7-13)11-14-10(12(16)17)9-5-3-4-6-15(9)11/h3-6,8H,2,7,13H2,1H3,(H,16,17). The molecule has 0 aromatic carbocycles.